The molecule has 1 nitrogen and oxygen atoms in total. The Labute approximate surface area is 118 Å². The number of hydrogen-bond acceptors (Lipinski definition) is 1. The van der Waals surface area contributed by atoms with Crippen molar-refractivity contribution in [3.63, 3.8) is 0 Å². The summed E-state index contributed by atoms with van der Waals surface area (Å²) in [7, 11) is 0. The Bertz CT molecular complexity index is 493. The monoisotopic (exact) mass is 277 g/mol. The maximum Gasteiger partial charge on any atom is 0.125 e. The molecular weight excluding hydrogens is 261 g/mol. The van der Waals surface area contributed by atoms with Gasteiger partial charge in [0.05, 0.1) is 0 Å². The first-order valence-electron chi connectivity index (χ1n) is 6.43. The van der Waals surface area contributed by atoms with Crippen LogP contribution in [-0.4, -0.2) is 6.54 Å². The summed E-state index contributed by atoms with van der Waals surface area (Å²) < 4.78 is 13.1. The smallest absolute Gasteiger partial charge is 0.125 e. The Morgan fingerprint density at radius 3 is 2.53 bits per heavy atom. The van der Waals surface area contributed by atoms with Crippen molar-refractivity contribution in [1.82, 2.24) is 5.32 Å². The lowest BCUT2D eigenvalue weighted by molar-refractivity contribution is 0.616. The van der Waals surface area contributed by atoms with Crippen molar-refractivity contribution in [1.29, 1.82) is 0 Å². The van der Waals surface area contributed by atoms with Crippen LogP contribution in [0.15, 0.2) is 48.5 Å². The highest BCUT2D eigenvalue weighted by Crippen LogP contribution is 2.13. The Morgan fingerprint density at radius 1 is 1.00 bits per heavy atom. The van der Waals surface area contributed by atoms with Gasteiger partial charge in [0.15, 0.2) is 0 Å². The van der Waals surface area contributed by atoms with Gasteiger partial charge in [-0.25, -0.2) is 4.39 Å². The normalized spacial score (nSPS) is 10.6. The Kier molecular flexibility index (Phi) is 5.37. The van der Waals surface area contributed by atoms with Crippen molar-refractivity contribution in [2.45, 2.75) is 19.4 Å². The van der Waals surface area contributed by atoms with Gasteiger partial charge in [0.25, 0.3) is 0 Å². The molecule has 0 saturated heterocycles. The minimum atomic E-state index is -0.284. The van der Waals surface area contributed by atoms with Crippen molar-refractivity contribution >= 4 is 11.6 Å². The van der Waals surface area contributed by atoms with Gasteiger partial charge in [-0.15, -0.1) is 0 Å². The number of aryl methyl sites for hydroxylation is 1. The first-order chi connectivity index (χ1) is 9.24. The maximum absolute atomic E-state index is 13.1. The highest BCUT2D eigenvalue weighted by molar-refractivity contribution is 6.30. The molecule has 2 aromatic rings. The number of nitrogens with one attached hydrogen (secondary N) is 1. The van der Waals surface area contributed by atoms with E-state index in [2.05, 4.69) is 29.6 Å². The maximum atomic E-state index is 13.1. The molecule has 1 N–H and O–H groups in total. The van der Waals surface area contributed by atoms with E-state index in [4.69, 9.17) is 11.6 Å². The summed E-state index contributed by atoms with van der Waals surface area (Å²) in [5.41, 5.74) is 2.22. The van der Waals surface area contributed by atoms with E-state index in [1.54, 1.807) is 6.07 Å². The summed E-state index contributed by atoms with van der Waals surface area (Å²) in [6, 6.07) is 15.0. The van der Waals surface area contributed by atoms with Crippen LogP contribution in [0.25, 0.3) is 0 Å². The molecule has 3 heteroatoms. The molecule has 0 aliphatic heterocycles. The summed E-state index contributed by atoms with van der Waals surface area (Å²) in [5.74, 6) is -0.284. The fourth-order valence-electron chi connectivity index (χ4n) is 2.01. The lowest BCUT2D eigenvalue weighted by Crippen LogP contribution is -2.15. The topological polar surface area (TPSA) is 12.0 Å². The molecule has 0 aromatic heterocycles. The van der Waals surface area contributed by atoms with E-state index < -0.39 is 0 Å². The quantitative estimate of drug-likeness (QED) is 0.780. The van der Waals surface area contributed by atoms with Gasteiger partial charge >= 0.3 is 0 Å². The summed E-state index contributed by atoms with van der Waals surface area (Å²) in [5, 5.41) is 3.75. The molecular formula is C16H17ClFN. The van der Waals surface area contributed by atoms with Gasteiger partial charge < -0.3 is 5.32 Å². The molecule has 0 fully saturated rings. The zero-order chi connectivity index (χ0) is 13.5. The summed E-state index contributed by atoms with van der Waals surface area (Å²) in [4.78, 5) is 0. The van der Waals surface area contributed by atoms with Gasteiger partial charge in [0.1, 0.15) is 5.82 Å². The molecule has 0 unspecified atom stereocenters. The first-order valence-corrected chi connectivity index (χ1v) is 6.81. The van der Waals surface area contributed by atoms with E-state index in [1.165, 1.54) is 17.7 Å². The van der Waals surface area contributed by atoms with Crippen LogP contribution in [-0.2, 0) is 13.0 Å². The van der Waals surface area contributed by atoms with Gasteiger partial charge in [-0.2, -0.15) is 0 Å². The highest BCUT2D eigenvalue weighted by atomic mass is 35.5. The minimum absolute atomic E-state index is 0.284. The van der Waals surface area contributed by atoms with E-state index in [9.17, 15) is 4.39 Å². The third kappa shape index (κ3) is 5.01. The van der Waals surface area contributed by atoms with Crippen LogP contribution in [0.2, 0.25) is 5.02 Å². The van der Waals surface area contributed by atoms with E-state index in [-0.39, 0.29) is 5.82 Å². The van der Waals surface area contributed by atoms with Gasteiger partial charge in [-0.05, 0) is 48.7 Å². The Morgan fingerprint density at radius 2 is 1.79 bits per heavy atom. The molecule has 0 heterocycles. The number of benzene rings is 2. The fourth-order valence-corrected chi connectivity index (χ4v) is 2.25. The lowest BCUT2D eigenvalue weighted by atomic mass is 10.1. The molecule has 0 saturated carbocycles. The molecule has 0 aliphatic carbocycles. The molecule has 100 valence electrons. The lowest BCUT2D eigenvalue weighted by Gasteiger charge is -2.06. The average Bonchev–Trinajstić information content (AvgIpc) is 2.38. The van der Waals surface area contributed by atoms with Gasteiger partial charge in [0, 0.05) is 11.6 Å². The Hall–Kier alpha value is -1.38. The van der Waals surface area contributed by atoms with Crippen LogP contribution in [0.5, 0.6) is 0 Å². The van der Waals surface area contributed by atoms with Gasteiger partial charge in [0.2, 0.25) is 0 Å². The predicted octanol–water partition coefficient (Wildman–Crippen LogP) is 4.20. The molecule has 0 aliphatic rings. The third-order valence-corrected chi connectivity index (χ3v) is 3.13. The zero-order valence-corrected chi connectivity index (χ0v) is 11.5. The van der Waals surface area contributed by atoms with Crippen LogP contribution in [0, 0.1) is 5.82 Å². The number of halogens is 2. The fraction of sp³-hybridized carbons (Fsp3) is 0.250. The van der Waals surface area contributed by atoms with Crippen LogP contribution in [0.4, 0.5) is 4.39 Å². The molecule has 0 spiro atoms. The molecule has 0 bridgehead atoms. The van der Waals surface area contributed by atoms with Crippen molar-refractivity contribution < 1.29 is 4.39 Å². The highest BCUT2D eigenvalue weighted by Gasteiger charge is 1.99. The molecule has 0 radical (unpaired) electrons. The van der Waals surface area contributed by atoms with Gasteiger partial charge in [-0.3, -0.25) is 0 Å². The number of rotatable bonds is 6. The third-order valence-electron chi connectivity index (χ3n) is 2.91. The Balaban J connectivity index is 1.69. The SMILES string of the molecule is Fc1cc(Cl)cc(CNCCCc2ccccc2)c1. The number of hydrogen-bond donors (Lipinski definition) is 1. The molecule has 19 heavy (non-hydrogen) atoms. The largest absolute Gasteiger partial charge is 0.313 e. The van der Waals surface area contributed by atoms with Crippen molar-refractivity contribution in [3.05, 3.63) is 70.5 Å². The summed E-state index contributed by atoms with van der Waals surface area (Å²) in [6.07, 6.45) is 2.12. The summed E-state index contributed by atoms with van der Waals surface area (Å²) >= 11 is 5.80. The minimum Gasteiger partial charge on any atom is -0.313 e. The second-order valence-electron chi connectivity index (χ2n) is 4.54. The average molecular weight is 278 g/mol. The second-order valence-corrected chi connectivity index (χ2v) is 4.98. The van der Waals surface area contributed by atoms with E-state index in [1.807, 2.05) is 6.07 Å². The molecule has 0 atom stereocenters. The first kappa shape index (κ1) is 14.0. The predicted molar refractivity (Wildman–Crippen MR) is 77.9 cm³/mol. The van der Waals surface area contributed by atoms with Crippen molar-refractivity contribution in [3.8, 4) is 0 Å². The standard InChI is InChI=1S/C16H17ClFN/c17-15-9-14(10-16(18)11-15)12-19-8-4-7-13-5-2-1-3-6-13/h1-3,5-6,9-11,19H,4,7-8,12H2. The summed E-state index contributed by atoms with van der Waals surface area (Å²) in [6.45, 7) is 1.55. The van der Waals surface area contributed by atoms with Crippen LogP contribution < -0.4 is 5.32 Å². The van der Waals surface area contributed by atoms with E-state index >= 15 is 0 Å². The molecule has 2 aromatic carbocycles. The van der Waals surface area contributed by atoms with Crippen LogP contribution in [0.3, 0.4) is 0 Å². The van der Waals surface area contributed by atoms with E-state index in [0.29, 0.717) is 11.6 Å². The van der Waals surface area contributed by atoms with Crippen LogP contribution >= 0.6 is 11.6 Å². The second kappa shape index (κ2) is 7.27. The molecule has 0 amide bonds. The van der Waals surface area contributed by atoms with Crippen LogP contribution in [0.1, 0.15) is 17.5 Å². The van der Waals surface area contributed by atoms with E-state index in [0.717, 1.165) is 24.9 Å². The molecule has 2 rings (SSSR count). The van der Waals surface area contributed by atoms with Gasteiger partial charge in [-0.1, -0.05) is 41.9 Å². The van der Waals surface area contributed by atoms with Crippen molar-refractivity contribution in [2.24, 2.45) is 0 Å². The zero-order valence-electron chi connectivity index (χ0n) is 10.7. The van der Waals surface area contributed by atoms with Crippen molar-refractivity contribution in [2.75, 3.05) is 6.54 Å².